The number of allylic oxidation sites excluding steroid dienone is 1. The molecule has 3 atom stereocenters. The Morgan fingerprint density at radius 2 is 1.93 bits per heavy atom. The fourth-order valence-corrected chi connectivity index (χ4v) is 7.18. The molecule has 3 aromatic heterocycles. The van der Waals surface area contributed by atoms with Crippen LogP contribution in [0.4, 0.5) is 21.7 Å². The summed E-state index contributed by atoms with van der Waals surface area (Å²) in [6.45, 7) is 7.13. The third-order valence-electron chi connectivity index (χ3n) is 10.0. The Hall–Kier alpha value is -4.09. The molecule has 2 aliphatic carbocycles. The van der Waals surface area contributed by atoms with Gasteiger partial charge >= 0.3 is 0 Å². The van der Waals surface area contributed by atoms with Crippen LogP contribution in [0.5, 0.6) is 0 Å². The number of alkyl halides is 1. The van der Waals surface area contributed by atoms with Gasteiger partial charge in [0.15, 0.2) is 11.5 Å². The Balaban J connectivity index is 1.20. The van der Waals surface area contributed by atoms with Gasteiger partial charge in [0.05, 0.1) is 18.8 Å². The highest BCUT2D eigenvalue weighted by Crippen LogP contribution is 2.63. The van der Waals surface area contributed by atoms with Crippen LogP contribution >= 0.6 is 0 Å². The molecule has 1 saturated carbocycles. The van der Waals surface area contributed by atoms with Crippen molar-refractivity contribution in [1.82, 2.24) is 29.2 Å². The van der Waals surface area contributed by atoms with Crippen LogP contribution in [-0.4, -0.2) is 73.7 Å². The molecule has 4 heterocycles. The maximum absolute atomic E-state index is 14.8. The van der Waals surface area contributed by atoms with Gasteiger partial charge in [0, 0.05) is 35.6 Å². The monoisotopic (exact) mass is 598 g/mol. The van der Waals surface area contributed by atoms with Crippen LogP contribution in [0.15, 0.2) is 60.0 Å². The van der Waals surface area contributed by atoms with E-state index >= 15 is 0 Å². The number of halogens is 1. The highest BCUT2D eigenvalue weighted by molar-refractivity contribution is 5.77. The molecule has 2 N–H and O–H groups in total. The van der Waals surface area contributed by atoms with E-state index in [9.17, 15) is 14.3 Å². The van der Waals surface area contributed by atoms with E-state index in [0.29, 0.717) is 35.0 Å². The van der Waals surface area contributed by atoms with Crippen LogP contribution in [0.2, 0.25) is 0 Å². The van der Waals surface area contributed by atoms with Gasteiger partial charge in [-0.25, -0.2) is 23.7 Å². The quantitative estimate of drug-likeness (QED) is 0.303. The number of rotatable bonds is 7. The van der Waals surface area contributed by atoms with Crippen molar-refractivity contribution in [2.24, 2.45) is 5.41 Å². The van der Waals surface area contributed by atoms with Gasteiger partial charge in [0.2, 0.25) is 5.95 Å². The summed E-state index contributed by atoms with van der Waals surface area (Å²) in [6.07, 6.45) is 6.87. The van der Waals surface area contributed by atoms with Gasteiger partial charge in [-0.15, -0.1) is 6.58 Å². The van der Waals surface area contributed by atoms with E-state index in [1.54, 1.807) is 15.4 Å². The minimum atomic E-state index is -1.04. The molecule has 1 aromatic carbocycles. The Morgan fingerprint density at radius 1 is 1.16 bits per heavy atom. The number of hydrogen-bond acceptors (Lipinski definition) is 8. The Labute approximate surface area is 255 Å². The van der Waals surface area contributed by atoms with Crippen molar-refractivity contribution in [2.75, 3.05) is 37.4 Å². The first-order chi connectivity index (χ1) is 21.1. The van der Waals surface area contributed by atoms with E-state index in [1.807, 2.05) is 62.3 Å². The lowest BCUT2D eigenvalue weighted by molar-refractivity contribution is -0.0371. The number of pyridine rings is 1. The Kier molecular flexibility index (Phi) is 6.85. The van der Waals surface area contributed by atoms with Crippen LogP contribution in [-0.2, 0) is 18.6 Å². The van der Waals surface area contributed by atoms with Gasteiger partial charge in [-0.2, -0.15) is 4.98 Å². The number of hydrogen-bond donors (Lipinski definition) is 2. The summed E-state index contributed by atoms with van der Waals surface area (Å²) >= 11 is 0. The van der Waals surface area contributed by atoms with Gasteiger partial charge in [-0.05, 0) is 89.0 Å². The number of nitrogens with zero attached hydrogens (tertiary/aromatic N) is 7. The van der Waals surface area contributed by atoms with E-state index in [0.717, 1.165) is 55.6 Å². The van der Waals surface area contributed by atoms with Crippen LogP contribution in [0, 0.1) is 5.41 Å². The summed E-state index contributed by atoms with van der Waals surface area (Å²) in [5, 5.41) is 15.2. The van der Waals surface area contributed by atoms with Crippen molar-refractivity contribution >= 4 is 28.4 Å². The van der Waals surface area contributed by atoms with Crippen LogP contribution in [0.25, 0.3) is 16.9 Å². The highest BCUT2D eigenvalue weighted by Gasteiger charge is 2.59. The third kappa shape index (κ3) is 4.60. The molecule has 230 valence electrons. The van der Waals surface area contributed by atoms with Crippen molar-refractivity contribution in [2.45, 2.75) is 63.4 Å². The van der Waals surface area contributed by atoms with Gasteiger partial charge in [-0.1, -0.05) is 12.1 Å². The maximum Gasteiger partial charge on any atom is 0.278 e. The number of aromatic nitrogens is 5. The molecule has 7 rings (SSSR count). The molecule has 1 aliphatic heterocycles. The van der Waals surface area contributed by atoms with Crippen LogP contribution in [0.3, 0.4) is 0 Å². The number of aryl methyl sites for hydroxylation is 1. The molecule has 10 nitrogen and oxygen atoms in total. The minimum absolute atomic E-state index is 0.0579. The Morgan fingerprint density at radius 3 is 2.61 bits per heavy atom. The van der Waals surface area contributed by atoms with E-state index in [1.165, 1.54) is 6.20 Å². The zero-order valence-corrected chi connectivity index (χ0v) is 25.5. The molecule has 1 saturated heterocycles. The van der Waals surface area contributed by atoms with Gasteiger partial charge in [0.25, 0.3) is 5.56 Å². The average Bonchev–Trinajstić information content (AvgIpc) is 3.76. The number of anilines is 3. The fourth-order valence-electron chi connectivity index (χ4n) is 7.18. The maximum atomic E-state index is 14.8. The molecule has 2 unspecified atom stereocenters. The highest BCUT2D eigenvalue weighted by atomic mass is 19.1. The lowest BCUT2D eigenvalue weighted by Crippen LogP contribution is -2.50. The molecule has 3 aliphatic rings. The zero-order valence-electron chi connectivity index (χ0n) is 25.5. The van der Waals surface area contributed by atoms with E-state index in [-0.39, 0.29) is 23.6 Å². The largest absolute Gasteiger partial charge is 0.383 e. The van der Waals surface area contributed by atoms with Gasteiger partial charge in [-0.3, -0.25) is 4.79 Å². The second-order valence-corrected chi connectivity index (χ2v) is 12.9. The number of nitrogens with one attached hydrogen (secondary N) is 1. The zero-order chi connectivity index (χ0) is 30.8. The first-order valence-electron chi connectivity index (χ1n) is 15.4. The molecule has 0 bridgehead atoms. The van der Waals surface area contributed by atoms with Gasteiger partial charge in [0.1, 0.15) is 17.2 Å². The molecular formula is C33H39FN8O2. The van der Waals surface area contributed by atoms with Crippen molar-refractivity contribution in [3.05, 3.63) is 76.9 Å². The Bertz CT molecular complexity index is 1790. The topological polar surface area (TPSA) is 104 Å². The molecule has 0 radical (unpaired) electrons. The minimum Gasteiger partial charge on any atom is -0.383 e. The normalized spacial score (nSPS) is 24.1. The molecule has 1 spiro atoms. The van der Waals surface area contributed by atoms with Crippen molar-refractivity contribution in [3.63, 3.8) is 0 Å². The molecular weight excluding hydrogens is 559 g/mol. The summed E-state index contributed by atoms with van der Waals surface area (Å²) < 4.78 is 18.0. The summed E-state index contributed by atoms with van der Waals surface area (Å²) in [4.78, 5) is 31.7. The van der Waals surface area contributed by atoms with Crippen molar-refractivity contribution in [1.29, 1.82) is 0 Å². The predicted molar refractivity (Wildman–Crippen MR) is 170 cm³/mol. The second kappa shape index (κ2) is 10.5. The van der Waals surface area contributed by atoms with E-state index in [2.05, 4.69) is 21.8 Å². The van der Waals surface area contributed by atoms with Crippen molar-refractivity contribution < 1.29 is 9.50 Å². The number of aliphatic hydroxyl groups is 1. The summed E-state index contributed by atoms with van der Waals surface area (Å²) in [5.74, 6) is 0.834. The third-order valence-corrected chi connectivity index (χ3v) is 10.0. The van der Waals surface area contributed by atoms with Crippen LogP contribution < -0.4 is 15.8 Å². The second-order valence-electron chi connectivity index (χ2n) is 12.9. The van der Waals surface area contributed by atoms with E-state index in [4.69, 9.17) is 9.97 Å². The van der Waals surface area contributed by atoms with Crippen LogP contribution in [0.1, 0.15) is 43.9 Å². The smallest absolute Gasteiger partial charge is 0.278 e. The molecule has 4 aromatic rings. The molecule has 0 amide bonds. The summed E-state index contributed by atoms with van der Waals surface area (Å²) in [5.41, 5.74) is 2.46. The molecule has 2 fully saturated rings. The number of fused-ring (bicyclic) bond motifs is 2. The molecule has 44 heavy (non-hydrogen) atoms. The lowest BCUT2D eigenvalue weighted by Gasteiger charge is -2.39. The predicted octanol–water partition coefficient (Wildman–Crippen LogP) is 4.32. The SMILES string of the molecule is C=CCn1c(=O)c2cnc(Nc3ccc(N4CCC(N(C)C)[C@H](F)C4)cc3)nc2n1-c1ccc2c(n1)C(C)(O)C1(CC2)CC1. The first-order valence-corrected chi connectivity index (χ1v) is 15.4. The first kappa shape index (κ1) is 28.7. The van der Waals surface area contributed by atoms with Crippen molar-refractivity contribution in [3.8, 4) is 5.82 Å². The molecule has 11 heteroatoms. The summed E-state index contributed by atoms with van der Waals surface area (Å²) in [6, 6.07) is 11.6. The number of benzene rings is 1. The fraction of sp³-hybridized carbons (Fsp3) is 0.455. The standard InChI is InChI=1S/C33H39FN8O2/c1-5-17-41-30(43)24-19-35-31(36-22-7-9-23(10-8-22)40-18-13-26(39(3)4)25(34)20-40)38-29(24)42(41)27-11-6-21-12-14-33(15-16-33)32(2,44)28(21)37-27/h5-11,19,25-26,44H,1,12-18,20H2,2-4H3,(H,35,36,38)/t25-,26?,32?/m1/s1. The van der Waals surface area contributed by atoms with Gasteiger partial charge < -0.3 is 20.2 Å². The average molecular weight is 599 g/mol. The lowest BCUT2D eigenvalue weighted by atomic mass is 9.72. The van der Waals surface area contributed by atoms with E-state index < -0.39 is 11.8 Å². The number of piperidine rings is 1. The summed E-state index contributed by atoms with van der Waals surface area (Å²) in [7, 11) is 3.86.